The molecule has 2 aliphatic rings. The van der Waals surface area contributed by atoms with E-state index in [1.807, 2.05) is 13.8 Å². The van der Waals surface area contributed by atoms with Gasteiger partial charge in [0.2, 0.25) is 0 Å². The number of ether oxygens (including phenoxy) is 1. The van der Waals surface area contributed by atoms with Gasteiger partial charge in [-0.25, -0.2) is 0 Å². The van der Waals surface area contributed by atoms with Crippen molar-refractivity contribution in [1.82, 2.24) is 0 Å². The van der Waals surface area contributed by atoms with Crippen LogP contribution < -0.4 is 0 Å². The molecule has 0 amide bonds. The molecule has 0 aliphatic heterocycles. The number of Topliss-reactive ketones (excluding diaryl/α,β-unsaturated/α-hetero) is 1. The Kier molecular flexibility index (Phi) is 1.79. The van der Waals surface area contributed by atoms with Crippen LogP contribution in [0.2, 0.25) is 0 Å². The third kappa shape index (κ3) is 1.04. The van der Waals surface area contributed by atoms with E-state index in [1.54, 1.807) is 0 Å². The molecule has 2 aliphatic carbocycles. The lowest BCUT2D eigenvalue weighted by molar-refractivity contribution is -0.155. The van der Waals surface area contributed by atoms with Crippen molar-refractivity contribution in [3.8, 4) is 0 Å². The fourth-order valence-corrected chi connectivity index (χ4v) is 2.83. The SMILES string of the molecule is CC(=O)O[C@H]1[C@@H]2[C@H](C)[C@@H]2C(=O)C1(C)C. The van der Waals surface area contributed by atoms with Crippen LogP contribution in [0.5, 0.6) is 0 Å². The second-order valence-electron chi connectivity index (χ2n) is 5.08. The number of rotatable bonds is 1. The topological polar surface area (TPSA) is 43.4 Å². The molecule has 14 heavy (non-hydrogen) atoms. The number of carbonyl (C=O) groups excluding carboxylic acids is 2. The highest BCUT2D eigenvalue weighted by Gasteiger charge is 2.69. The third-order valence-electron chi connectivity index (χ3n) is 3.74. The van der Waals surface area contributed by atoms with E-state index in [2.05, 4.69) is 6.92 Å². The number of hydrogen-bond donors (Lipinski definition) is 0. The Balaban J connectivity index is 2.22. The Hall–Kier alpha value is -0.860. The summed E-state index contributed by atoms with van der Waals surface area (Å²) in [6.45, 7) is 7.21. The lowest BCUT2D eigenvalue weighted by Gasteiger charge is -2.28. The number of fused-ring (bicyclic) bond motifs is 1. The fraction of sp³-hybridized carbons (Fsp3) is 0.818. The summed E-state index contributed by atoms with van der Waals surface area (Å²) in [7, 11) is 0. The average Bonchev–Trinajstić information content (AvgIpc) is 2.64. The Labute approximate surface area is 83.8 Å². The summed E-state index contributed by atoms with van der Waals surface area (Å²) >= 11 is 0. The molecule has 2 rings (SSSR count). The minimum Gasteiger partial charge on any atom is -0.461 e. The number of carbonyl (C=O) groups is 2. The van der Waals surface area contributed by atoms with Crippen molar-refractivity contribution in [2.24, 2.45) is 23.2 Å². The van der Waals surface area contributed by atoms with Gasteiger partial charge in [0, 0.05) is 18.8 Å². The van der Waals surface area contributed by atoms with Crippen molar-refractivity contribution in [2.75, 3.05) is 0 Å². The molecule has 0 aromatic heterocycles. The first kappa shape index (κ1) is 9.69. The van der Waals surface area contributed by atoms with Crippen LogP contribution in [-0.4, -0.2) is 17.9 Å². The van der Waals surface area contributed by atoms with E-state index >= 15 is 0 Å². The van der Waals surface area contributed by atoms with Crippen LogP contribution in [0.4, 0.5) is 0 Å². The second kappa shape index (κ2) is 2.59. The van der Waals surface area contributed by atoms with Gasteiger partial charge in [0.25, 0.3) is 0 Å². The highest BCUT2D eigenvalue weighted by atomic mass is 16.5. The van der Waals surface area contributed by atoms with E-state index in [1.165, 1.54) is 6.92 Å². The van der Waals surface area contributed by atoms with Gasteiger partial charge in [-0.2, -0.15) is 0 Å². The highest BCUT2D eigenvalue weighted by molar-refractivity contribution is 5.93. The molecular formula is C11H16O3. The zero-order valence-electron chi connectivity index (χ0n) is 9.03. The first-order chi connectivity index (χ1) is 6.37. The maximum Gasteiger partial charge on any atom is 0.302 e. The van der Waals surface area contributed by atoms with Crippen molar-refractivity contribution >= 4 is 11.8 Å². The Morgan fingerprint density at radius 3 is 2.43 bits per heavy atom. The van der Waals surface area contributed by atoms with Gasteiger partial charge in [-0.15, -0.1) is 0 Å². The standard InChI is InChI=1S/C11H16O3/c1-5-7-8(5)10(14-6(2)12)11(3,4)9(7)13/h5,7-8,10H,1-4H3/t5-,7+,8-,10+/m1/s1. The first-order valence-electron chi connectivity index (χ1n) is 5.09. The predicted octanol–water partition coefficient (Wildman–Crippen LogP) is 1.41. The van der Waals surface area contributed by atoms with Crippen LogP contribution in [-0.2, 0) is 14.3 Å². The molecule has 0 radical (unpaired) electrons. The third-order valence-corrected chi connectivity index (χ3v) is 3.74. The lowest BCUT2D eigenvalue weighted by Crippen LogP contribution is -2.37. The Morgan fingerprint density at radius 1 is 1.43 bits per heavy atom. The van der Waals surface area contributed by atoms with Crippen molar-refractivity contribution in [2.45, 2.75) is 33.8 Å². The van der Waals surface area contributed by atoms with Crippen LogP contribution in [0.15, 0.2) is 0 Å². The summed E-state index contributed by atoms with van der Waals surface area (Å²) in [5.74, 6) is 0.813. The van der Waals surface area contributed by atoms with Crippen LogP contribution in [0.25, 0.3) is 0 Å². The van der Waals surface area contributed by atoms with Crippen molar-refractivity contribution in [3.05, 3.63) is 0 Å². The summed E-state index contributed by atoms with van der Waals surface area (Å²) < 4.78 is 5.26. The van der Waals surface area contributed by atoms with E-state index in [4.69, 9.17) is 4.74 Å². The van der Waals surface area contributed by atoms with Gasteiger partial charge in [0.1, 0.15) is 11.9 Å². The van der Waals surface area contributed by atoms with Gasteiger partial charge < -0.3 is 4.74 Å². The Bertz CT molecular complexity index is 306. The van der Waals surface area contributed by atoms with Crippen LogP contribution >= 0.6 is 0 Å². The van der Waals surface area contributed by atoms with Crippen molar-refractivity contribution in [3.63, 3.8) is 0 Å². The van der Waals surface area contributed by atoms with Crippen LogP contribution in [0.3, 0.4) is 0 Å². The first-order valence-corrected chi connectivity index (χ1v) is 5.09. The van der Waals surface area contributed by atoms with E-state index in [0.717, 1.165) is 0 Å². The molecule has 0 unspecified atom stereocenters. The molecular weight excluding hydrogens is 180 g/mol. The normalized spacial score (nSPS) is 43.3. The fourth-order valence-electron chi connectivity index (χ4n) is 2.83. The van der Waals surface area contributed by atoms with Crippen molar-refractivity contribution in [1.29, 1.82) is 0 Å². The molecule has 3 nitrogen and oxygen atoms in total. The summed E-state index contributed by atoms with van der Waals surface area (Å²) in [6, 6.07) is 0. The van der Waals surface area contributed by atoms with Gasteiger partial charge in [0.05, 0.1) is 5.41 Å². The van der Waals surface area contributed by atoms with E-state index in [-0.39, 0.29) is 29.7 Å². The maximum atomic E-state index is 11.9. The molecule has 78 valence electrons. The molecule has 2 saturated carbocycles. The van der Waals surface area contributed by atoms with Gasteiger partial charge in [-0.3, -0.25) is 9.59 Å². The zero-order valence-corrected chi connectivity index (χ0v) is 9.03. The largest absolute Gasteiger partial charge is 0.461 e. The minimum absolute atomic E-state index is 0.148. The van der Waals surface area contributed by atoms with Gasteiger partial charge in [-0.05, 0) is 19.8 Å². The van der Waals surface area contributed by atoms with E-state index in [0.29, 0.717) is 5.92 Å². The molecule has 0 bridgehead atoms. The van der Waals surface area contributed by atoms with Crippen LogP contribution in [0, 0.1) is 23.2 Å². The number of esters is 1. The molecule has 0 aromatic carbocycles. The quantitative estimate of drug-likeness (QED) is 0.595. The van der Waals surface area contributed by atoms with Crippen LogP contribution in [0.1, 0.15) is 27.7 Å². The maximum absolute atomic E-state index is 11.9. The summed E-state index contributed by atoms with van der Waals surface area (Å²) in [5, 5.41) is 0. The molecule has 4 atom stereocenters. The highest BCUT2D eigenvalue weighted by Crippen LogP contribution is 2.62. The molecule has 0 aromatic rings. The predicted molar refractivity (Wildman–Crippen MR) is 50.5 cm³/mol. The molecule has 0 heterocycles. The molecule has 2 fully saturated rings. The van der Waals surface area contributed by atoms with Gasteiger partial charge in [0.15, 0.2) is 0 Å². The van der Waals surface area contributed by atoms with E-state index in [9.17, 15) is 9.59 Å². The summed E-state index contributed by atoms with van der Waals surface area (Å²) in [5.41, 5.74) is -0.479. The minimum atomic E-state index is -0.479. The smallest absolute Gasteiger partial charge is 0.302 e. The average molecular weight is 196 g/mol. The van der Waals surface area contributed by atoms with E-state index < -0.39 is 5.41 Å². The molecule has 3 heteroatoms. The van der Waals surface area contributed by atoms with Gasteiger partial charge >= 0.3 is 5.97 Å². The zero-order chi connectivity index (χ0) is 10.7. The van der Waals surface area contributed by atoms with Gasteiger partial charge in [-0.1, -0.05) is 6.92 Å². The summed E-state index contributed by atoms with van der Waals surface area (Å²) in [4.78, 5) is 22.8. The lowest BCUT2D eigenvalue weighted by atomic mass is 9.82. The number of hydrogen-bond acceptors (Lipinski definition) is 3. The summed E-state index contributed by atoms with van der Waals surface area (Å²) in [6.07, 6.45) is -0.201. The molecule has 0 N–H and O–H groups in total. The molecule has 0 spiro atoms. The molecule has 0 saturated heterocycles. The van der Waals surface area contributed by atoms with Crippen molar-refractivity contribution < 1.29 is 14.3 Å². The second-order valence-corrected chi connectivity index (χ2v) is 5.08. The monoisotopic (exact) mass is 196 g/mol. The number of ketones is 1. The Morgan fingerprint density at radius 2 is 2.00 bits per heavy atom.